The summed E-state index contributed by atoms with van der Waals surface area (Å²) in [6, 6.07) is 0. The van der Waals surface area contributed by atoms with E-state index in [4.69, 9.17) is 39.5 Å². The second-order valence-electron chi connectivity index (χ2n) is 2.00. The number of allylic oxidation sites excluding steroid dienone is 2. The molecule has 0 aromatic rings. The Balaban J connectivity index is 4.19. The number of alkyl halides is 3. The van der Waals surface area contributed by atoms with Gasteiger partial charge in [0.1, 0.15) is 5.76 Å². The maximum atomic E-state index is 10.9. The predicted octanol–water partition coefficient (Wildman–Crippen LogP) is 3.21. The van der Waals surface area contributed by atoms with E-state index in [0.29, 0.717) is 12.2 Å². The zero-order valence-corrected chi connectivity index (χ0v) is 9.00. The van der Waals surface area contributed by atoms with Crippen LogP contribution in [0.5, 0.6) is 0 Å². The summed E-state index contributed by atoms with van der Waals surface area (Å²) in [7, 11) is 0. The van der Waals surface area contributed by atoms with Gasteiger partial charge in [0.25, 0.3) is 3.79 Å². The molecule has 0 bridgehead atoms. The lowest BCUT2D eigenvalue weighted by molar-refractivity contribution is -0.138. The summed E-state index contributed by atoms with van der Waals surface area (Å²) in [5.74, 6) is -0.381. The first-order valence-corrected chi connectivity index (χ1v) is 4.49. The zero-order chi connectivity index (χ0) is 9.78. The summed E-state index contributed by atoms with van der Waals surface area (Å²) in [6.07, 6.45) is 2.23. The van der Waals surface area contributed by atoms with Crippen LogP contribution in [0.1, 0.15) is 20.3 Å². The molecule has 5 heteroatoms. The average molecular weight is 232 g/mol. The topological polar surface area (TPSA) is 26.3 Å². The van der Waals surface area contributed by atoms with Gasteiger partial charge in [0.2, 0.25) is 0 Å². The molecule has 0 saturated carbocycles. The quantitative estimate of drug-likeness (QED) is 0.414. The molecule has 0 rings (SSSR count). The normalized spacial score (nSPS) is 12.9. The lowest BCUT2D eigenvalue weighted by Gasteiger charge is -2.11. The van der Waals surface area contributed by atoms with Crippen LogP contribution in [0.3, 0.4) is 0 Å². The van der Waals surface area contributed by atoms with Crippen LogP contribution in [0.25, 0.3) is 0 Å². The minimum Gasteiger partial charge on any atom is -0.428 e. The van der Waals surface area contributed by atoms with Gasteiger partial charge >= 0.3 is 5.97 Å². The van der Waals surface area contributed by atoms with Gasteiger partial charge in [-0.1, -0.05) is 41.7 Å². The fraction of sp³-hybridized carbons (Fsp3) is 0.571. The van der Waals surface area contributed by atoms with E-state index >= 15 is 0 Å². The average Bonchev–Trinajstić information content (AvgIpc) is 1.97. The van der Waals surface area contributed by atoms with Crippen molar-refractivity contribution in [1.29, 1.82) is 0 Å². The molecule has 0 aliphatic heterocycles. The molecular weight excluding hydrogens is 222 g/mol. The number of rotatable bonds is 2. The van der Waals surface area contributed by atoms with Crippen LogP contribution in [-0.4, -0.2) is 9.76 Å². The van der Waals surface area contributed by atoms with Crippen molar-refractivity contribution >= 4 is 40.8 Å². The van der Waals surface area contributed by atoms with Gasteiger partial charge in [0, 0.05) is 6.42 Å². The van der Waals surface area contributed by atoms with Gasteiger partial charge in [-0.25, -0.2) is 4.79 Å². The van der Waals surface area contributed by atoms with Crippen molar-refractivity contribution in [3.05, 3.63) is 11.8 Å². The van der Waals surface area contributed by atoms with E-state index in [1.165, 1.54) is 0 Å². The molecule has 0 spiro atoms. The first kappa shape index (κ1) is 12.1. The van der Waals surface area contributed by atoms with Gasteiger partial charge < -0.3 is 4.74 Å². The van der Waals surface area contributed by atoms with E-state index in [1.54, 1.807) is 13.0 Å². The number of hydrogen-bond donors (Lipinski definition) is 0. The maximum Gasteiger partial charge on any atom is 0.363 e. The predicted molar refractivity (Wildman–Crippen MR) is 50.4 cm³/mol. The minimum absolute atomic E-state index is 0.492. The standard InChI is InChI=1S/C7H9Cl3O2/c1-3-5(4-2)12-6(11)7(8,9)10/h3H,4H2,1-2H3/b5-3-. The summed E-state index contributed by atoms with van der Waals surface area (Å²) in [4.78, 5) is 10.9. The van der Waals surface area contributed by atoms with Crippen molar-refractivity contribution in [3.63, 3.8) is 0 Å². The van der Waals surface area contributed by atoms with Crippen molar-refractivity contribution in [1.82, 2.24) is 0 Å². The molecule has 0 heterocycles. The third-order valence-electron chi connectivity index (χ3n) is 1.13. The van der Waals surface area contributed by atoms with Crippen LogP contribution in [0.2, 0.25) is 0 Å². The first-order valence-electron chi connectivity index (χ1n) is 3.36. The molecule has 0 radical (unpaired) electrons. The molecule has 0 aromatic heterocycles. The molecule has 0 aliphatic rings. The van der Waals surface area contributed by atoms with Crippen molar-refractivity contribution in [2.45, 2.75) is 24.1 Å². The molecule has 0 fully saturated rings. The number of halogens is 3. The van der Waals surface area contributed by atoms with E-state index in [0.717, 1.165) is 0 Å². The Morgan fingerprint density at radius 1 is 1.50 bits per heavy atom. The van der Waals surface area contributed by atoms with Crippen LogP contribution >= 0.6 is 34.8 Å². The Bertz CT molecular complexity index is 193. The summed E-state index contributed by atoms with van der Waals surface area (Å²) >= 11 is 15.8. The van der Waals surface area contributed by atoms with Gasteiger partial charge in [-0.2, -0.15) is 0 Å². The lowest BCUT2D eigenvalue weighted by atomic mass is 10.4. The molecule has 0 aromatic carbocycles. The molecular formula is C7H9Cl3O2. The van der Waals surface area contributed by atoms with Gasteiger partial charge in [-0.15, -0.1) is 0 Å². The minimum atomic E-state index is -2.00. The van der Waals surface area contributed by atoms with Crippen molar-refractivity contribution in [3.8, 4) is 0 Å². The highest BCUT2D eigenvalue weighted by atomic mass is 35.6. The van der Waals surface area contributed by atoms with Crippen LogP contribution in [0.4, 0.5) is 0 Å². The Morgan fingerprint density at radius 2 is 2.00 bits per heavy atom. The van der Waals surface area contributed by atoms with Crippen molar-refractivity contribution in [2.75, 3.05) is 0 Å². The van der Waals surface area contributed by atoms with E-state index < -0.39 is 9.76 Å². The zero-order valence-electron chi connectivity index (χ0n) is 6.73. The van der Waals surface area contributed by atoms with Crippen LogP contribution in [0.15, 0.2) is 11.8 Å². The highest BCUT2D eigenvalue weighted by molar-refractivity contribution is 6.75. The summed E-state index contributed by atoms with van der Waals surface area (Å²) in [5, 5.41) is 0. The van der Waals surface area contributed by atoms with E-state index in [2.05, 4.69) is 0 Å². The summed E-state index contributed by atoms with van der Waals surface area (Å²) in [5.41, 5.74) is 0. The molecule has 0 unspecified atom stereocenters. The fourth-order valence-electron chi connectivity index (χ4n) is 0.512. The van der Waals surface area contributed by atoms with Gasteiger partial charge in [-0.3, -0.25) is 0 Å². The second kappa shape index (κ2) is 4.95. The highest BCUT2D eigenvalue weighted by Gasteiger charge is 2.33. The van der Waals surface area contributed by atoms with Crippen LogP contribution in [0, 0.1) is 0 Å². The lowest BCUT2D eigenvalue weighted by Crippen LogP contribution is -2.21. The molecule has 2 nitrogen and oxygen atoms in total. The Morgan fingerprint density at radius 3 is 2.25 bits per heavy atom. The smallest absolute Gasteiger partial charge is 0.363 e. The molecule has 0 amide bonds. The SMILES string of the molecule is C/C=C(/CC)OC(=O)C(Cl)(Cl)Cl. The molecule has 0 saturated heterocycles. The Hall–Kier alpha value is 0.0800. The maximum absolute atomic E-state index is 10.9. The molecule has 12 heavy (non-hydrogen) atoms. The largest absolute Gasteiger partial charge is 0.428 e. The molecule has 0 N–H and O–H groups in total. The number of esters is 1. The van der Waals surface area contributed by atoms with E-state index in [-0.39, 0.29) is 0 Å². The van der Waals surface area contributed by atoms with Gasteiger partial charge in [0.05, 0.1) is 0 Å². The number of carbonyl (C=O) groups is 1. The molecule has 70 valence electrons. The monoisotopic (exact) mass is 230 g/mol. The summed E-state index contributed by atoms with van der Waals surface area (Å²) < 4.78 is 2.74. The third-order valence-corrected chi connectivity index (χ3v) is 1.59. The van der Waals surface area contributed by atoms with Crippen LogP contribution in [-0.2, 0) is 9.53 Å². The van der Waals surface area contributed by atoms with Gasteiger partial charge in [-0.05, 0) is 13.0 Å². The third kappa shape index (κ3) is 4.19. The highest BCUT2D eigenvalue weighted by Crippen LogP contribution is 2.28. The number of hydrogen-bond acceptors (Lipinski definition) is 2. The fourth-order valence-corrected chi connectivity index (χ4v) is 0.628. The molecule has 0 aliphatic carbocycles. The second-order valence-corrected chi connectivity index (χ2v) is 4.28. The Labute approximate surface area is 86.4 Å². The Kier molecular flexibility index (Phi) is 4.98. The van der Waals surface area contributed by atoms with Crippen molar-refractivity contribution in [2.24, 2.45) is 0 Å². The van der Waals surface area contributed by atoms with Crippen LogP contribution < -0.4 is 0 Å². The number of ether oxygens (including phenoxy) is 1. The summed E-state index contributed by atoms with van der Waals surface area (Å²) in [6.45, 7) is 3.57. The molecule has 0 atom stereocenters. The van der Waals surface area contributed by atoms with E-state index in [1.807, 2.05) is 6.92 Å². The number of carbonyl (C=O) groups excluding carboxylic acids is 1. The van der Waals surface area contributed by atoms with E-state index in [9.17, 15) is 4.79 Å². The van der Waals surface area contributed by atoms with Gasteiger partial charge in [0.15, 0.2) is 0 Å². The van der Waals surface area contributed by atoms with Crippen molar-refractivity contribution < 1.29 is 9.53 Å². The first-order chi connectivity index (χ1) is 5.41.